The van der Waals surface area contributed by atoms with Gasteiger partial charge in [-0.3, -0.25) is 9.32 Å². The van der Waals surface area contributed by atoms with Gasteiger partial charge in [-0.15, -0.1) is 0 Å². The van der Waals surface area contributed by atoms with Crippen LogP contribution in [0.1, 0.15) is 23.3 Å². The van der Waals surface area contributed by atoms with Crippen LogP contribution in [0.15, 0.2) is 33.6 Å². The van der Waals surface area contributed by atoms with Crippen LogP contribution in [0.2, 0.25) is 0 Å². The SMILES string of the molecule is COc1ccc(-[n+]2[nH]oc(=O)c2C(=O)NCC2CCCO2)cc1. The Morgan fingerprint density at radius 2 is 2.22 bits per heavy atom. The lowest BCUT2D eigenvalue weighted by atomic mass is 10.2. The second-order valence-corrected chi connectivity index (χ2v) is 5.21. The average Bonchev–Trinajstić information content (AvgIpc) is 3.22. The smallest absolute Gasteiger partial charge is 0.441 e. The molecule has 2 N–H and O–H groups in total. The Hall–Kier alpha value is -2.61. The molecule has 1 unspecified atom stereocenters. The number of nitrogens with zero attached hydrogens (tertiary/aromatic N) is 1. The molecule has 0 saturated carbocycles. The quantitative estimate of drug-likeness (QED) is 0.765. The summed E-state index contributed by atoms with van der Waals surface area (Å²) in [4.78, 5) is 24.1. The molecule has 0 radical (unpaired) electrons. The van der Waals surface area contributed by atoms with E-state index in [-0.39, 0.29) is 11.8 Å². The summed E-state index contributed by atoms with van der Waals surface area (Å²) in [5.74, 6) is 0.163. The van der Waals surface area contributed by atoms with E-state index < -0.39 is 11.5 Å². The first-order valence-corrected chi connectivity index (χ1v) is 7.37. The van der Waals surface area contributed by atoms with Gasteiger partial charge >= 0.3 is 17.2 Å². The standard InChI is InChI=1S/C15H17N3O5/c1-21-11-6-4-10(5-7-11)18-13(15(20)23-17-18)14(19)16-9-12-3-2-8-22-12/h4-7,12H,2-3,8-9H2,1H3,(H-,16,17,19,20)/p+1. The maximum Gasteiger partial charge on any atom is 0.441 e. The number of benzene rings is 1. The maximum atomic E-state index is 12.3. The number of methoxy groups -OCH3 is 1. The molecule has 1 aromatic heterocycles. The molecule has 1 fully saturated rings. The van der Waals surface area contributed by atoms with E-state index in [1.165, 1.54) is 4.68 Å². The zero-order valence-electron chi connectivity index (χ0n) is 12.7. The van der Waals surface area contributed by atoms with Gasteiger partial charge in [0.15, 0.2) is 0 Å². The number of aromatic amines is 1. The van der Waals surface area contributed by atoms with Crippen LogP contribution >= 0.6 is 0 Å². The van der Waals surface area contributed by atoms with Crippen LogP contribution in [-0.2, 0) is 4.74 Å². The third kappa shape index (κ3) is 3.26. The predicted molar refractivity (Wildman–Crippen MR) is 78.7 cm³/mol. The van der Waals surface area contributed by atoms with Crippen molar-refractivity contribution >= 4 is 5.91 Å². The number of ether oxygens (including phenoxy) is 2. The lowest BCUT2D eigenvalue weighted by Crippen LogP contribution is -2.46. The molecule has 2 aromatic rings. The number of hydrogen-bond donors (Lipinski definition) is 2. The molecule has 1 aliphatic rings. The zero-order chi connectivity index (χ0) is 16.2. The summed E-state index contributed by atoms with van der Waals surface area (Å²) < 4.78 is 16.6. The Morgan fingerprint density at radius 3 is 2.87 bits per heavy atom. The van der Waals surface area contributed by atoms with Gasteiger partial charge in [-0.1, -0.05) is 0 Å². The number of rotatable bonds is 5. The fourth-order valence-corrected chi connectivity index (χ4v) is 2.48. The molecule has 8 nitrogen and oxygen atoms in total. The molecule has 0 aliphatic carbocycles. The van der Waals surface area contributed by atoms with Crippen molar-refractivity contribution in [1.29, 1.82) is 0 Å². The third-order valence-electron chi connectivity index (χ3n) is 3.71. The van der Waals surface area contributed by atoms with Crippen molar-refractivity contribution in [1.82, 2.24) is 10.6 Å². The van der Waals surface area contributed by atoms with Crippen LogP contribution in [0, 0.1) is 0 Å². The molecule has 0 bridgehead atoms. The van der Waals surface area contributed by atoms with Crippen molar-refractivity contribution in [3.63, 3.8) is 0 Å². The lowest BCUT2D eigenvalue weighted by Gasteiger charge is -2.08. The Morgan fingerprint density at radius 1 is 1.43 bits per heavy atom. The van der Waals surface area contributed by atoms with Crippen molar-refractivity contribution in [2.45, 2.75) is 18.9 Å². The molecule has 1 saturated heterocycles. The normalized spacial score (nSPS) is 17.2. The minimum absolute atomic E-state index is 0.000584. The first-order chi connectivity index (χ1) is 11.2. The summed E-state index contributed by atoms with van der Waals surface area (Å²) in [6.45, 7) is 1.07. The average molecular weight is 320 g/mol. The molecular weight excluding hydrogens is 302 g/mol. The van der Waals surface area contributed by atoms with E-state index in [4.69, 9.17) is 14.0 Å². The lowest BCUT2D eigenvalue weighted by molar-refractivity contribution is -0.672. The third-order valence-corrected chi connectivity index (χ3v) is 3.71. The Labute approximate surface area is 132 Å². The zero-order valence-corrected chi connectivity index (χ0v) is 12.7. The van der Waals surface area contributed by atoms with Crippen molar-refractivity contribution in [3.05, 3.63) is 40.4 Å². The first-order valence-electron chi connectivity index (χ1n) is 7.37. The molecule has 1 aliphatic heterocycles. The molecule has 122 valence electrons. The minimum Gasteiger partial charge on any atom is -0.497 e. The van der Waals surface area contributed by atoms with Gasteiger partial charge in [0.25, 0.3) is 0 Å². The molecular formula is C15H18N3O5+. The number of carbonyl (C=O) groups excluding carboxylic acids is 1. The highest BCUT2D eigenvalue weighted by molar-refractivity contribution is 5.90. The largest absolute Gasteiger partial charge is 0.497 e. The van der Waals surface area contributed by atoms with Crippen molar-refractivity contribution in [2.75, 3.05) is 20.3 Å². The molecule has 1 aromatic carbocycles. The highest BCUT2D eigenvalue weighted by atomic mass is 16.5. The number of hydrogen-bond acceptors (Lipinski definition) is 5. The summed E-state index contributed by atoms with van der Waals surface area (Å²) in [6.07, 6.45) is 1.89. The van der Waals surface area contributed by atoms with Gasteiger partial charge in [-0.25, -0.2) is 4.79 Å². The van der Waals surface area contributed by atoms with E-state index >= 15 is 0 Å². The van der Waals surface area contributed by atoms with Crippen LogP contribution in [0.5, 0.6) is 5.75 Å². The summed E-state index contributed by atoms with van der Waals surface area (Å²) in [5, 5.41) is 5.14. The molecule has 8 heteroatoms. The van der Waals surface area contributed by atoms with Crippen molar-refractivity contribution in [3.8, 4) is 11.4 Å². The van der Waals surface area contributed by atoms with Gasteiger partial charge < -0.3 is 14.8 Å². The van der Waals surface area contributed by atoms with Gasteiger partial charge in [0.1, 0.15) is 5.75 Å². The summed E-state index contributed by atoms with van der Waals surface area (Å²) >= 11 is 0. The van der Waals surface area contributed by atoms with Crippen LogP contribution in [0.25, 0.3) is 5.69 Å². The van der Waals surface area contributed by atoms with E-state index in [2.05, 4.69) is 10.6 Å². The number of carbonyl (C=O) groups is 1. The van der Waals surface area contributed by atoms with Gasteiger partial charge in [-0.05, 0) is 34.9 Å². The monoisotopic (exact) mass is 320 g/mol. The minimum atomic E-state index is -0.731. The Bertz CT molecular complexity index is 728. The first kappa shape index (κ1) is 15.3. The van der Waals surface area contributed by atoms with Crippen molar-refractivity contribution < 1.29 is 23.5 Å². The van der Waals surface area contributed by atoms with E-state index in [1.54, 1.807) is 31.4 Å². The number of nitrogens with one attached hydrogen (secondary N) is 2. The second kappa shape index (κ2) is 6.66. The summed E-state index contributed by atoms with van der Waals surface area (Å²) in [5.41, 5.74) is -0.266. The molecule has 3 rings (SSSR count). The van der Waals surface area contributed by atoms with Crippen LogP contribution in [0.3, 0.4) is 0 Å². The number of H-pyrrole nitrogens is 1. The van der Waals surface area contributed by atoms with E-state index in [1.807, 2.05) is 0 Å². The second-order valence-electron chi connectivity index (χ2n) is 5.21. The highest BCUT2D eigenvalue weighted by Crippen LogP contribution is 2.12. The molecule has 0 spiro atoms. The predicted octanol–water partition coefficient (Wildman–Crippen LogP) is 0.162. The van der Waals surface area contributed by atoms with E-state index in [0.29, 0.717) is 24.6 Å². The van der Waals surface area contributed by atoms with E-state index in [9.17, 15) is 9.59 Å². The topological polar surface area (TPSA) is 97.4 Å². The molecule has 1 amide bonds. The number of amides is 1. The molecule has 23 heavy (non-hydrogen) atoms. The van der Waals surface area contributed by atoms with Gasteiger partial charge in [-0.2, -0.15) is 0 Å². The number of aromatic nitrogens is 2. The van der Waals surface area contributed by atoms with Crippen molar-refractivity contribution in [2.24, 2.45) is 0 Å². The summed E-state index contributed by atoms with van der Waals surface area (Å²) in [7, 11) is 1.56. The molecule has 1 atom stereocenters. The fourth-order valence-electron chi connectivity index (χ4n) is 2.48. The Kier molecular flexibility index (Phi) is 4.42. The van der Waals surface area contributed by atoms with Gasteiger partial charge in [0.2, 0.25) is 5.69 Å². The maximum absolute atomic E-state index is 12.3. The van der Waals surface area contributed by atoms with Gasteiger partial charge in [0, 0.05) is 25.3 Å². The Balaban J connectivity index is 1.79. The fraction of sp³-hybridized carbons (Fsp3) is 0.400. The van der Waals surface area contributed by atoms with Crippen LogP contribution in [-0.4, -0.2) is 37.5 Å². The highest BCUT2D eigenvalue weighted by Gasteiger charge is 2.31. The van der Waals surface area contributed by atoms with Gasteiger partial charge in [0.05, 0.1) is 13.2 Å². The van der Waals surface area contributed by atoms with Crippen LogP contribution < -0.4 is 20.4 Å². The van der Waals surface area contributed by atoms with Crippen LogP contribution in [0.4, 0.5) is 0 Å². The van der Waals surface area contributed by atoms with E-state index in [0.717, 1.165) is 12.8 Å². The summed E-state index contributed by atoms with van der Waals surface area (Å²) in [6, 6.07) is 6.87. The molecule has 2 heterocycles.